The highest BCUT2D eigenvalue weighted by Gasteiger charge is 2.27. The lowest BCUT2D eigenvalue weighted by Gasteiger charge is -2.22. The summed E-state index contributed by atoms with van der Waals surface area (Å²) in [6, 6.07) is 17.1. The number of hydrogen-bond acceptors (Lipinski definition) is 4. The molecule has 0 bridgehead atoms. The van der Waals surface area contributed by atoms with Gasteiger partial charge < -0.3 is 4.90 Å². The number of benzene rings is 2. The summed E-state index contributed by atoms with van der Waals surface area (Å²) in [5.74, 6) is 1.37. The van der Waals surface area contributed by atoms with Gasteiger partial charge in [0.1, 0.15) is 0 Å². The molecule has 2 heterocycles. The largest absolute Gasteiger partial charge is 0.357 e. The van der Waals surface area contributed by atoms with E-state index in [0.717, 1.165) is 29.8 Å². The molecular formula is C19H18N4O. The summed E-state index contributed by atoms with van der Waals surface area (Å²) in [6.45, 7) is 1.48. The maximum atomic E-state index is 13.0. The Balaban J connectivity index is 1.86. The summed E-state index contributed by atoms with van der Waals surface area (Å²) in [6.07, 6.45) is 0.878. The zero-order valence-electron chi connectivity index (χ0n) is 13.5. The Morgan fingerprint density at radius 1 is 0.875 bits per heavy atom. The van der Waals surface area contributed by atoms with E-state index in [1.165, 1.54) is 0 Å². The third-order valence-electron chi connectivity index (χ3n) is 4.29. The van der Waals surface area contributed by atoms with Gasteiger partial charge in [-0.1, -0.05) is 30.3 Å². The summed E-state index contributed by atoms with van der Waals surface area (Å²) in [5, 5.41) is 0. The minimum atomic E-state index is -0.0308. The van der Waals surface area contributed by atoms with E-state index in [0.29, 0.717) is 17.9 Å². The molecule has 2 aromatic carbocycles. The molecule has 0 aliphatic carbocycles. The topological polar surface area (TPSA) is 49.3 Å². The minimum Gasteiger partial charge on any atom is -0.357 e. The molecule has 0 fully saturated rings. The number of carbonyl (C=O) groups excluding carboxylic acids is 1. The standard InChI is InChI=1S/C19H18N4O/c1-22-12-7-13-23(19(24)14-8-3-2-4-9-14)18-17(22)20-15-10-5-6-11-16(15)21-18/h2-6,8-11H,7,12-13H2,1H3. The maximum absolute atomic E-state index is 13.0. The van der Waals surface area contributed by atoms with E-state index in [1.54, 1.807) is 4.90 Å². The van der Waals surface area contributed by atoms with Crippen molar-refractivity contribution in [1.29, 1.82) is 0 Å². The number of para-hydroxylation sites is 2. The number of hydrogen-bond donors (Lipinski definition) is 0. The predicted octanol–water partition coefficient (Wildman–Crippen LogP) is 3.12. The Kier molecular flexibility index (Phi) is 3.61. The van der Waals surface area contributed by atoms with Crippen molar-refractivity contribution < 1.29 is 4.79 Å². The smallest absolute Gasteiger partial charge is 0.259 e. The van der Waals surface area contributed by atoms with Crippen molar-refractivity contribution in [3.05, 3.63) is 60.2 Å². The van der Waals surface area contributed by atoms with Crippen molar-refractivity contribution in [2.45, 2.75) is 6.42 Å². The summed E-state index contributed by atoms with van der Waals surface area (Å²) < 4.78 is 0. The molecule has 5 heteroatoms. The Morgan fingerprint density at radius 3 is 2.21 bits per heavy atom. The molecule has 0 saturated carbocycles. The molecule has 0 radical (unpaired) electrons. The second-order valence-electron chi connectivity index (χ2n) is 5.96. The van der Waals surface area contributed by atoms with Crippen LogP contribution < -0.4 is 9.80 Å². The average molecular weight is 318 g/mol. The van der Waals surface area contributed by atoms with Gasteiger partial charge >= 0.3 is 0 Å². The van der Waals surface area contributed by atoms with Crippen LogP contribution in [0.4, 0.5) is 11.6 Å². The molecule has 1 aliphatic rings. The molecule has 3 aromatic rings. The molecule has 0 unspecified atom stereocenters. The van der Waals surface area contributed by atoms with E-state index in [4.69, 9.17) is 9.97 Å². The Labute approximate surface area is 140 Å². The molecule has 5 nitrogen and oxygen atoms in total. The first-order chi connectivity index (χ1) is 11.7. The van der Waals surface area contributed by atoms with Crippen LogP contribution in [-0.2, 0) is 0 Å². The molecule has 0 saturated heterocycles. The van der Waals surface area contributed by atoms with Crippen LogP contribution in [0.25, 0.3) is 11.0 Å². The second-order valence-corrected chi connectivity index (χ2v) is 5.96. The second kappa shape index (κ2) is 5.92. The molecule has 0 atom stereocenters. The van der Waals surface area contributed by atoms with Crippen molar-refractivity contribution >= 4 is 28.6 Å². The minimum absolute atomic E-state index is 0.0308. The first kappa shape index (κ1) is 14.6. The molecule has 1 aromatic heterocycles. The third-order valence-corrected chi connectivity index (χ3v) is 4.29. The van der Waals surface area contributed by atoms with Crippen LogP contribution in [-0.4, -0.2) is 36.0 Å². The molecule has 0 spiro atoms. The van der Waals surface area contributed by atoms with E-state index >= 15 is 0 Å². The van der Waals surface area contributed by atoms with Crippen LogP contribution in [0.5, 0.6) is 0 Å². The number of rotatable bonds is 1. The van der Waals surface area contributed by atoms with Crippen molar-refractivity contribution in [3.8, 4) is 0 Å². The highest BCUT2D eigenvalue weighted by molar-refractivity contribution is 6.07. The van der Waals surface area contributed by atoms with Crippen LogP contribution >= 0.6 is 0 Å². The number of carbonyl (C=O) groups is 1. The van der Waals surface area contributed by atoms with Gasteiger partial charge in [-0.2, -0.15) is 0 Å². The van der Waals surface area contributed by atoms with Gasteiger partial charge in [0, 0.05) is 25.7 Å². The van der Waals surface area contributed by atoms with Crippen LogP contribution in [0, 0.1) is 0 Å². The normalized spacial score (nSPS) is 14.4. The van der Waals surface area contributed by atoms with Gasteiger partial charge in [0.25, 0.3) is 5.91 Å². The van der Waals surface area contributed by atoms with Gasteiger partial charge in [0.05, 0.1) is 11.0 Å². The lowest BCUT2D eigenvalue weighted by Crippen LogP contribution is -2.32. The summed E-state index contributed by atoms with van der Waals surface area (Å²) in [4.78, 5) is 26.3. The summed E-state index contributed by atoms with van der Waals surface area (Å²) in [5.41, 5.74) is 2.32. The van der Waals surface area contributed by atoms with E-state index in [-0.39, 0.29) is 5.91 Å². The van der Waals surface area contributed by atoms with Crippen molar-refractivity contribution in [2.24, 2.45) is 0 Å². The highest BCUT2D eigenvalue weighted by Crippen LogP contribution is 2.31. The third kappa shape index (κ3) is 2.48. The summed E-state index contributed by atoms with van der Waals surface area (Å²) in [7, 11) is 2.00. The SMILES string of the molecule is CN1CCCN(C(=O)c2ccccc2)c2nc3ccccc3nc21. The zero-order valence-corrected chi connectivity index (χ0v) is 13.5. The maximum Gasteiger partial charge on any atom is 0.259 e. The fourth-order valence-electron chi connectivity index (χ4n) is 3.03. The fourth-order valence-corrected chi connectivity index (χ4v) is 3.03. The van der Waals surface area contributed by atoms with Crippen LogP contribution in [0.3, 0.4) is 0 Å². The van der Waals surface area contributed by atoms with Gasteiger partial charge in [-0.15, -0.1) is 0 Å². The zero-order chi connectivity index (χ0) is 16.5. The quantitative estimate of drug-likeness (QED) is 0.692. The van der Waals surface area contributed by atoms with Crippen LogP contribution in [0.2, 0.25) is 0 Å². The number of aromatic nitrogens is 2. The van der Waals surface area contributed by atoms with Crippen molar-refractivity contribution in [1.82, 2.24) is 9.97 Å². The fraction of sp³-hybridized carbons (Fsp3) is 0.211. The molecule has 1 amide bonds. The lowest BCUT2D eigenvalue weighted by atomic mass is 10.2. The van der Waals surface area contributed by atoms with Gasteiger partial charge in [0.2, 0.25) is 0 Å². The first-order valence-electron chi connectivity index (χ1n) is 8.09. The number of nitrogens with zero attached hydrogens (tertiary/aromatic N) is 4. The van der Waals surface area contributed by atoms with Crippen LogP contribution in [0.1, 0.15) is 16.8 Å². The van der Waals surface area contributed by atoms with E-state index < -0.39 is 0 Å². The average Bonchev–Trinajstić information content (AvgIpc) is 2.79. The van der Waals surface area contributed by atoms with Gasteiger partial charge in [-0.3, -0.25) is 9.69 Å². The highest BCUT2D eigenvalue weighted by atomic mass is 16.2. The van der Waals surface area contributed by atoms with E-state index in [2.05, 4.69) is 4.90 Å². The Hall–Kier alpha value is -2.95. The molecule has 4 rings (SSSR count). The van der Waals surface area contributed by atoms with Crippen molar-refractivity contribution in [2.75, 3.05) is 29.9 Å². The Morgan fingerprint density at radius 2 is 1.50 bits per heavy atom. The lowest BCUT2D eigenvalue weighted by molar-refractivity contribution is 0.0986. The van der Waals surface area contributed by atoms with E-state index in [9.17, 15) is 4.79 Å². The Bertz CT molecular complexity index is 894. The number of amides is 1. The molecule has 0 N–H and O–H groups in total. The molecule has 24 heavy (non-hydrogen) atoms. The number of anilines is 2. The number of fused-ring (bicyclic) bond motifs is 2. The molecule has 120 valence electrons. The molecular weight excluding hydrogens is 300 g/mol. The molecule has 1 aliphatic heterocycles. The van der Waals surface area contributed by atoms with Gasteiger partial charge in [-0.25, -0.2) is 9.97 Å². The monoisotopic (exact) mass is 318 g/mol. The van der Waals surface area contributed by atoms with Gasteiger partial charge in [-0.05, 0) is 30.7 Å². The van der Waals surface area contributed by atoms with Crippen LogP contribution in [0.15, 0.2) is 54.6 Å². The first-order valence-corrected chi connectivity index (χ1v) is 8.09. The predicted molar refractivity (Wildman–Crippen MR) is 95.5 cm³/mol. The van der Waals surface area contributed by atoms with Crippen molar-refractivity contribution in [3.63, 3.8) is 0 Å². The van der Waals surface area contributed by atoms with Gasteiger partial charge in [0.15, 0.2) is 11.6 Å². The summed E-state index contributed by atoms with van der Waals surface area (Å²) >= 11 is 0. The van der Waals surface area contributed by atoms with E-state index in [1.807, 2.05) is 61.6 Å².